The van der Waals surface area contributed by atoms with E-state index in [1.807, 2.05) is 12.1 Å². The predicted octanol–water partition coefficient (Wildman–Crippen LogP) is 5.29. The average Bonchev–Trinajstić information content (AvgIpc) is 2.24. The van der Waals surface area contributed by atoms with Gasteiger partial charge in [0.2, 0.25) is 0 Å². The number of unbranched alkanes of at least 4 members (excludes halogenated alkanes) is 1. The smallest absolute Gasteiger partial charge is 0.311 e. The lowest BCUT2D eigenvalue weighted by atomic mass is 10.2. The van der Waals surface area contributed by atoms with Crippen molar-refractivity contribution >= 4 is 65.4 Å². The number of benzene rings is 1. The first kappa shape index (κ1) is 15.5. The highest BCUT2D eigenvalue weighted by atomic mass is 79.9. The molecule has 1 rings (SSSR count). The Morgan fingerprint density at radius 3 is 2.29 bits per heavy atom. The van der Waals surface area contributed by atoms with Gasteiger partial charge in [0.05, 0.1) is 8.95 Å². The molecule has 0 unspecified atom stereocenters. The maximum Gasteiger partial charge on any atom is 0.311 e. The SMILES string of the molecule is O=C(CCCCCl)Oc1c(Br)cc(Br)cc1Br. The molecule has 1 aromatic carbocycles. The number of carbonyl (C=O) groups excluding carboxylic acids is 1. The number of carbonyl (C=O) groups is 1. The van der Waals surface area contributed by atoms with Gasteiger partial charge in [0.15, 0.2) is 5.75 Å². The van der Waals surface area contributed by atoms with Crippen molar-refractivity contribution in [2.45, 2.75) is 19.3 Å². The summed E-state index contributed by atoms with van der Waals surface area (Å²) < 4.78 is 7.63. The van der Waals surface area contributed by atoms with Gasteiger partial charge in [-0.15, -0.1) is 11.6 Å². The molecule has 0 heterocycles. The molecule has 0 fully saturated rings. The van der Waals surface area contributed by atoms with E-state index in [1.54, 1.807) is 0 Å². The van der Waals surface area contributed by atoms with Gasteiger partial charge in [0.25, 0.3) is 0 Å². The standard InChI is InChI=1S/C11H10Br3ClO2/c12-7-5-8(13)11(9(14)6-7)17-10(16)3-1-2-4-15/h5-6H,1-4H2. The average molecular weight is 449 g/mol. The van der Waals surface area contributed by atoms with Crippen LogP contribution in [0.25, 0.3) is 0 Å². The van der Waals surface area contributed by atoms with Crippen LogP contribution in [0.3, 0.4) is 0 Å². The number of halogens is 4. The largest absolute Gasteiger partial charge is 0.424 e. The fourth-order valence-electron chi connectivity index (χ4n) is 1.16. The second-order valence-electron chi connectivity index (χ2n) is 3.32. The first-order valence-electron chi connectivity index (χ1n) is 4.95. The molecule has 0 aliphatic heterocycles. The summed E-state index contributed by atoms with van der Waals surface area (Å²) in [6.45, 7) is 0. The summed E-state index contributed by atoms with van der Waals surface area (Å²) in [6, 6.07) is 3.65. The van der Waals surface area contributed by atoms with Crippen LogP contribution in [-0.4, -0.2) is 11.8 Å². The van der Waals surface area contributed by atoms with Gasteiger partial charge in [-0.3, -0.25) is 4.79 Å². The minimum atomic E-state index is -0.251. The molecule has 0 radical (unpaired) electrons. The zero-order valence-electron chi connectivity index (χ0n) is 8.81. The third kappa shape index (κ3) is 5.28. The summed E-state index contributed by atoms with van der Waals surface area (Å²) in [5.41, 5.74) is 0. The topological polar surface area (TPSA) is 26.3 Å². The van der Waals surface area contributed by atoms with Gasteiger partial charge in [0, 0.05) is 16.8 Å². The molecule has 94 valence electrons. The maximum atomic E-state index is 11.6. The van der Waals surface area contributed by atoms with Crippen LogP contribution in [0.4, 0.5) is 0 Å². The van der Waals surface area contributed by atoms with Crippen molar-refractivity contribution in [1.29, 1.82) is 0 Å². The van der Waals surface area contributed by atoms with Crippen LogP contribution in [0.2, 0.25) is 0 Å². The molecule has 17 heavy (non-hydrogen) atoms. The van der Waals surface area contributed by atoms with Gasteiger partial charge in [-0.2, -0.15) is 0 Å². The van der Waals surface area contributed by atoms with Crippen molar-refractivity contribution in [3.8, 4) is 5.75 Å². The van der Waals surface area contributed by atoms with E-state index in [1.165, 1.54) is 0 Å². The summed E-state index contributed by atoms with van der Waals surface area (Å²) in [4.78, 5) is 11.6. The summed E-state index contributed by atoms with van der Waals surface area (Å²) in [5, 5.41) is 0. The fourth-order valence-corrected chi connectivity index (χ4v) is 3.76. The number of hydrogen-bond donors (Lipinski definition) is 0. The third-order valence-electron chi connectivity index (χ3n) is 1.94. The van der Waals surface area contributed by atoms with Crippen LogP contribution in [0.5, 0.6) is 5.75 Å². The summed E-state index contributed by atoms with van der Waals surface area (Å²) >= 11 is 15.6. The van der Waals surface area contributed by atoms with Crippen molar-refractivity contribution in [3.05, 3.63) is 25.6 Å². The lowest BCUT2D eigenvalue weighted by molar-refractivity contribution is -0.134. The van der Waals surface area contributed by atoms with E-state index in [-0.39, 0.29) is 5.97 Å². The van der Waals surface area contributed by atoms with Gasteiger partial charge in [-0.25, -0.2) is 0 Å². The lowest BCUT2D eigenvalue weighted by Crippen LogP contribution is -2.08. The Balaban J connectivity index is 2.65. The number of ether oxygens (including phenoxy) is 1. The van der Waals surface area contributed by atoms with E-state index < -0.39 is 0 Å². The molecule has 1 aromatic rings. The van der Waals surface area contributed by atoms with Crippen LogP contribution in [0, 0.1) is 0 Å². The van der Waals surface area contributed by atoms with Crippen LogP contribution >= 0.6 is 59.4 Å². The van der Waals surface area contributed by atoms with Crippen LogP contribution in [0.15, 0.2) is 25.6 Å². The number of rotatable bonds is 5. The van der Waals surface area contributed by atoms with Crippen molar-refractivity contribution in [2.75, 3.05) is 5.88 Å². The molecule has 0 spiro atoms. The molecular weight excluding hydrogens is 439 g/mol. The van der Waals surface area contributed by atoms with E-state index in [9.17, 15) is 4.79 Å². The van der Waals surface area contributed by atoms with Crippen molar-refractivity contribution in [2.24, 2.45) is 0 Å². The van der Waals surface area contributed by atoms with Crippen LogP contribution < -0.4 is 4.74 Å². The van der Waals surface area contributed by atoms with Crippen LogP contribution in [0.1, 0.15) is 19.3 Å². The molecule has 0 aliphatic rings. The third-order valence-corrected chi connectivity index (χ3v) is 3.85. The van der Waals surface area contributed by atoms with E-state index in [4.69, 9.17) is 16.3 Å². The van der Waals surface area contributed by atoms with Crippen molar-refractivity contribution in [3.63, 3.8) is 0 Å². The first-order valence-corrected chi connectivity index (χ1v) is 7.87. The van der Waals surface area contributed by atoms with E-state index in [2.05, 4.69) is 47.8 Å². The second-order valence-corrected chi connectivity index (χ2v) is 6.32. The molecule has 0 bridgehead atoms. The van der Waals surface area contributed by atoms with E-state index in [0.717, 1.165) is 26.3 Å². The predicted molar refractivity (Wildman–Crippen MR) is 79.7 cm³/mol. The quantitative estimate of drug-likeness (QED) is 0.264. The normalized spacial score (nSPS) is 10.4. The molecule has 0 aromatic heterocycles. The molecule has 2 nitrogen and oxygen atoms in total. The summed E-state index contributed by atoms with van der Waals surface area (Å²) in [7, 11) is 0. The molecular formula is C11H10Br3ClO2. The van der Waals surface area contributed by atoms with Gasteiger partial charge < -0.3 is 4.74 Å². The maximum absolute atomic E-state index is 11.6. The van der Waals surface area contributed by atoms with Crippen LogP contribution in [-0.2, 0) is 4.79 Å². The Morgan fingerprint density at radius 1 is 1.18 bits per heavy atom. The molecule has 0 amide bonds. The Bertz CT molecular complexity index is 387. The van der Waals surface area contributed by atoms with Gasteiger partial charge in [-0.1, -0.05) is 15.9 Å². The number of esters is 1. The van der Waals surface area contributed by atoms with Gasteiger partial charge >= 0.3 is 5.97 Å². The zero-order chi connectivity index (χ0) is 12.8. The van der Waals surface area contributed by atoms with Gasteiger partial charge in [-0.05, 0) is 56.8 Å². The molecule has 0 saturated carbocycles. The summed E-state index contributed by atoms with van der Waals surface area (Å²) in [5.74, 6) is 0.821. The number of alkyl halides is 1. The molecule has 0 aliphatic carbocycles. The minimum Gasteiger partial charge on any atom is -0.424 e. The molecule has 0 atom stereocenters. The highest BCUT2D eigenvalue weighted by molar-refractivity contribution is 9.11. The monoisotopic (exact) mass is 446 g/mol. The van der Waals surface area contributed by atoms with Crippen molar-refractivity contribution < 1.29 is 9.53 Å². The number of hydrogen-bond acceptors (Lipinski definition) is 2. The van der Waals surface area contributed by atoms with Crippen molar-refractivity contribution in [1.82, 2.24) is 0 Å². The van der Waals surface area contributed by atoms with E-state index >= 15 is 0 Å². The Kier molecular flexibility index (Phi) is 7.07. The Hall–Kier alpha value is 0.420. The Morgan fingerprint density at radius 2 is 1.76 bits per heavy atom. The Labute approximate surface area is 130 Å². The highest BCUT2D eigenvalue weighted by Gasteiger charge is 2.12. The van der Waals surface area contributed by atoms with E-state index in [0.29, 0.717) is 18.1 Å². The zero-order valence-corrected chi connectivity index (χ0v) is 14.3. The fraction of sp³-hybridized carbons (Fsp3) is 0.364. The first-order chi connectivity index (χ1) is 8.04. The molecule has 0 N–H and O–H groups in total. The minimum absolute atomic E-state index is 0.251. The molecule has 0 saturated heterocycles. The molecule has 6 heteroatoms. The summed E-state index contributed by atoms with van der Waals surface area (Å²) in [6.07, 6.45) is 1.94. The lowest BCUT2D eigenvalue weighted by Gasteiger charge is -2.09. The second kappa shape index (κ2) is 7.77. The van der Waals surface area contributed by atoms with Gasteiger partial charge in [0.1, 0.15) is 0 Å². The highest BCUT2D eigenvalue weighted by Crippen LogP contribution is 2.36.